The normalized spacial score (nSPS) is 18.1. The van der Waals surface area contributed by atoms with E-state index >= 15 is 0 Å². The molecular formula is C15H19N3OS. The molecule has 20 heavy (non-hydrogen) atoms. The van der Waals surface area contributed by atoms with Crippen LogP contribution in [0.2, 0.25) is 0 Å². The van der Waals surface area contributed by atoms with Gasteiger partial charge in [0, 0.05) is 4.90 Å². The van der Waals surface area contributed by atoms with Gasteiger partial charge in [-0.15, -0.1) is 11.8 Å². The number of nitrogens with zero attached hydrogens (tertiary/aromatic N) is 2. The number of benzene rings is 1. The van der Waals surface area contributed by atoms with Crippen LogP contribution in [-0.2, 0) is 5.54 Å². The standard InChI is InChI=1S/C15H19N3OS/c1-20-12-8-4-3-7-11(12)13-17-14(18-19-13)15(16)9-5-2-6-10-15/h3-4,7-8H,2,5-6,9-10,16H2,1H3. The van der Waals surface area contributed by atoms with E-state index in [1.165, 1.54) is 6.42 Å². The largest absolute Gasteiger partial charge is 0.334 e. The van der Waals surface area contributed by atoms with Crippen molar-refractivity contribution in [3.05, 3.63) is 30.1 Å². The third kappa shape index (κ3) is 2.47. The summed E-state index contributed by atoms with van der Waals surface area (Å²) < 4.78 is 5.46. The molecule has 1 aromatic carbocycles. The topological polar surface area (TPSA) is 64.9 Å². The lowest BCUT2D eigenvalue weighted by Gasteiger charge is -2.29. The number of aromatic nitrogens is 2. The molecule has 0 amide bonds. The molecule has 1 heterocycles. The van der Waals surface area contributed by atoms with Crippen molar-refractivity contribution in [2.24, 2.45) is 5.73 Å². The number of thioether (sulfide) groups is 1. The van der Waals surface area contributed by atoms with Crippen LogP contribution in [0.4, 0.5) is 0 Å². The predicted octanol–water partition coefficient (Wildman–Crippen LogP) is 3.58. The number of nitrogens with two attached hydrogens (primary N) is 1. The maximum absolute atomic E-state index is 6.45. The summed E-state index contributed by atoms with van der Waals surface area (Å²) in [5, 5.41) is 4.14. The highest BCUT2D eigenvalue weighted by molar-refractivity contribution is 7.98. The molecule has 0 saturated heterocycles. The Bertz CT molecular complexity index is 590. The molecule has 3 rings (SSSR count). The lowest BCUT2D eigenvalue weighted by Crippen LogP contribution is -2.39. The van der Waals surface area contributed by atoms with Crippen molar-refractivity contribution in [2.45, 2.75) is 42.5 Å². The van der Waals surface area contributed by atoms with Crippen molar-refractivity contribution in [3.63, 3.8) is 0 Å². The van der Waals surface area contributed by atoms with Crippen LogP contribution in [0.5, 0.6) is 0 Å². The van der Waals surface area contributed by atoms with Gasteiger partial charge in [-0.3, -0.25) is 0 Å². The van der Waals surface area contributed by atoms with Crippen LogP contribution in [-0.4, -0.2) is 16.4 Å². The Hall–Kier alpha value is -1.33. The molecule has 2 N–H and O–H groups in total. The maximum Gasteiger partial charge on any atom is 0.259 e. The minimum absolute atomic E-state index is 0.408. The van der Waals surface area contributed by atoms with Crippen molar-refractivity contribution in [1.82, 2.24) is 10.1 Å². The SMILES string of the molecule is CSc1ccccc1-c1nc(C2(N)CCCCC2)no1. The van der Waals surface area contributed by atoms with E-state index in [2.05, 4.69) is 16.2 Å². The van der Waals surface area contributed by atoms with Crippen LogP contribution in [0.1, 0.15) is 37.9 Å². The zero-order valence-electron chi connectivity index (χ0n) is 11.6. The van der Waals surface area contributed by atoms with E-state index in [1.807, 2.05) is 24.5 Å². The van der Waals surface area contributed by atoms with Crippen molar-refractivity contribution in [3.8, 4) is 11.5 Å². The van der Waals surface area contributed by atoms with Gasteiger partial charge in [0.1, 0.15) is 0 Å². The highest BCUT2D eigenvalue weighted by Gasteiger charge is 2.34. The number of hydrogen-bond donors (Lipinski definition) is 1. The summed E-state index contributed by atoms with van der Waals surface area (Å²) >= 11 is 1.68. The highest BCUT2D eigenvalue weighted by atomic mass is 32.2. The molecule has 0 radical (unpaired) electrons. The molecule has 0 unspecified atom stereocenters. The van der Waals surface area contributed by atoms with Gasteiger partial charge in [-0.25, -0.2) is 0 Å². The lowest BCUT2D eigenvalue weighted by atomic mass is 9.82. The van der Waals surface area contributed by atoms with Crippen LogP contribution < -0.4 is 5.73 Å². The smallest absolute Gasteiger partial charge is 0.259 e. The van der Waals surface area contributed by atoms with Gasteiger partial charge >= 0.3 is 0 Å². The number of rotatable bonds is 3. The van der Waals surface area contributed by atoms with E-state index in [1.54, 1.807) is 11.8 Å². The second-order valence-electron chi connectivity index (χ2n) is 5.34. The lowest BCUT2D eigenvalue weighted by molar-refractivity contribution is 0.275. The van der Waals surface area contributed by atoms with Crippen molar-refractivity contribution < 1.29 is 4.52 Å². The monoisotopic (exact) mass is 289 g/mol. The summed E-state index contributed by atoms with van der Waals surface area (Å²) in [5.74, 6) is 1.23. The first-order valence-corrected chi connectivity index (χ1v) is 8.22. The zero-order valence-corrected chi connectivity index (χ0v) is 12.4. The van der Waals surface area contributed by atoms with Gasteiger partial charge in [0.2, 0.25) is 0 Å². The fourth-order valence-electron chi connectivity index (χ4n) is 2.76. The molecule has 1 fully saturated rings. The second kappa shape index (κ2) is 5.58. The van der Waals surface area contributed by atoms with Crippen molar-refractivity contribution in [1.29, 1.82) is 0 Å². The van der Waals surface area contributed by atoms with Crippen LogP contribution in [0, 0.1) is 0 Å². The summed E-state index contributed by atoms with van der Waals surface area (Å²) in [4.78, 5) is 5.70. The van der Waals surface area contributed by atoms with E-state index in [4.69, 9.17) is 10.3 Å². The fraction of sp³-hybridized carbons (Fsp3) is 0.467. The summed E-state index contributed by atoms with van der Waals surface area (Å²) in [6.45, 7) is 0. The molecule has 5 heteroatoms. The van der Waals surface area contributed by atoms with E-state index in [0.717, 1.165) is 36.1 Å². The van der Waals surface area contributed by atoms with Gasteiger partial charge in [0.15, 0.2) is 5.82 Å². The first-order chi connectivity index (χ1) is 9.73. The minimum Gasteiger partial charge on any atom is -0.334 e. The summed E-state index contributed by atoms with van der Waals surface area (Å²) in [6, 6.07) is 8.06. The third-order valence-corrected chi connectivity index (χ3v) is 4.75. The Morgan fingerprint density at radius 1 is 1.20 bits per heavy atom. The molecule has 0 bridgehead atoms. The molecule has 4 nitrogen and oxygen atoms in total. The van der Waals surface area contributed by atoms with E-state index < -0.39 is 5.54 Å². The average Bonchev–Trinajstić information content (AvgIpc) is 2.98. The Morgan fingerprint density at radius 2 is 1.95 bits per heavy atom. The fourth-order valence-corrected chi connectivity index (χ4v) is 3.35. The molecule has 1 aliphatic carbocycles. The Kier molecular flexibility index (Phi) is 3.81. The van der Waals surface area contributed by atoms with Crippen molar-refractivity contribution in [2.75, 3.05) is 6.26 Å². The summed E-state index contributed by atoms with van der Waals surface area (Å²) in [6.07, 6.45) is 7.45. The summed E-state index contributed by atoms with van der Waals surface area (Å²) in [5.41, 5.74) is 7.03. The molecule has 0 aliphatic heterocycles. The van der Waals surface area contributed by atoms with Crippen LogP contribution >= 0.6 is 11.8 Å². The average molecular weight is 289 g/mol. The quantitative estimate of drug-likeness (QED) is 0.875. The number of hydrogen-bond acceptors (Lipinski definition) is 5. The van der Waals surface area contributed by atoms with E-state index in [0.29, 0.717) is 11.7 Å². The molecule has 2 aromatic rings. The molecule has 0 spiro atoms. The van der Waals surface area contributed by atoms with Gasteiger partial charge in [0.25, 0.3) is 5.89 Å². The molecular weight excluding hydrogens is 270 g/mol. The van der Waals surface area contributed by atoms with E-state index in [9.17, 15) is 0 Å². The Morgan fingerprint density at radius 3 is 2.70 bits per heavy atom. The first kappa shape index (κ1) is 13.6. The Labute approximate surface area is 123 Å². The van der Waals surface area contributed by atoms with Crippen molar-refractivity contribution >= 4 is 11.8 Å². The summed E-state index contributed by atoms with van der Waals surface area (Å²) in [7, 11) is 0. The predicted molar refractivity (Wildman–Crippen MR) is 80.5 cm³/mol. The molecule has 106 valence electrons. The van der Waals surface area contributed by atoms with Crippen LogP contribution in [0.25, 0.3) is 11.5 Å². The molecule has 1 saturated carbocycles. The Balaban J connectivity index is 1.94. The van der Waals surface area contributed by atoms with E-state index in [-0.39, 0.29) is 0 Å². The molecule has 1 aliphatic rings. The third-order valence-electron chi connectivity index (χ3n) is 3.95. The zero-order chi connectivity index (χ0) is 14.0. The van der Waals surface area contributed by atoms with Crippen LogP contribution in [0.15, 0.2) is 33.7 Å². The minimum atomic E-state index is -0.408. The van der Waals surface area contributed by atoms with Gasteiger partial charge < -0.3 is 10.3 Å². The van der Waals surface area contributed by atoms with Gasteiger partial charge in [0.05, 0.1) is 11.1 Å². The second-order valence-corrected chi connectivity index (χ2v) is 6.19. The van der Waals surface area contributed by atoms with Gasteiger partial charge in [-0.2, -0.15) is 4.98 Å². The van der Waals surface area contributed by atoms with Gasteiger partial charge in [-0.1, -0.05) is 36.6 Å². The first-order valence-electron chi connectivity index (χ1n) is 6.99. The highest BCUT2D eigenvalue weighted by Crippen LogP contribution is 2.35. The molecule has 1 aromatic heterocycles. The van der Waals surface area contributed by atoms with Crippen LogP contribution in [0.3, 0.4) is 0 Å². The molecule has 0 atom stereocenters. The van der Waals surface area contributed by atoms with Gasteiger partial charge in [-0.05, 0) is 31.2 Å². The maximum atomic E-state index is 6.45.